The van der Waals surface area contributed by atoms with Gasteiger partial charge < -0.3 is 10.5 Å². The van der Waals surface area contributed by atoms with Crippen molar-refractivity contribution in [2.45, 2.75) is 19.9 Å². The predicted octanol–water partition coefficient (Wildman–Crippen LogP) is 1.10. The maximum Gasteiger partial charge on any atom is 0.0589 e. The minimum absolute atomic E-state index is 0.480. The van der Waals surface area contributed by atoms with E-state index in [2.05, 4.69) is 25.3 Å². The lowest BCUT2D eigenvalue weighted by Gasteiger charge is -2.31. The Labute approximate surface area is 87.9 Å². The van der Waals surface area contributed by atoms with E-state index >= 15 is 0 Å². The molecule has 14 heavy (non-hydrogen) atoms. The summed E-state index contributed by atoms with van der Waals surface area (Å²) in [5.74, 6) is 0.506. The molecule has 2 N–H and O–H groups in total. The minimum atomic E-state index is 0.480. The molecule has 0 aliphatic heterocycles. The molecule has 0 aromatic rings. The Hall–Kier alpha value is -0.380. The van der Waals surface area contributed by atoms with Gasteiger partial charge in [-0.2, -0.15) is 0 Å². The summed E-state index contributed by atoms with van der Waals surface area (Å²) in [4.78, 5) is 2.34. The lowest BCUT2D eigenvalue weighted by atomic mass is 10.0. The Morgan fingerprint density at radius 3 is 2.57 bits per heavy atom. The Balaban J connectivity index is 4.08. The predicted molar refractivity (Wildman–Crippen MR) is 61.3 cm³/mol. The average molecular weight is 200 g/mol. The topological polar surface area (TPSA) is 38.5 Å². The van der Waals surface area contributed by atoms with Crippen LogP contribution in [-0.4, -0.2) is 44.3 Å². The van der Waals surface area contributed by atoms with Crippen LogP contribution in [0.3, 0.4) is 0 Å². The summed E-state index contributed by atoms with van der Waals surface area (Å²) in [7, 11) is 1.73. The summed E-state index contributed by atoms with van der Waals surface area (Å²) in [6.45, 7) is 11.5. The van der Waals surface area contributed by atoms with Crippen LogP contribution < -0.4 is 5.73 Å². The molecular weight excluding hydrogens is 176 g/mol. The van der Waals surface area contributed by atoms with Crippen LogP contribution in [-0.2, 0) is 4.74 Å². The summed E-state index contributed by atoms with van der Waals surface area (Å²) < 4.78 is 5.07. The van der Waals surface area contributed by atoms with Crippen molar-refractivity contribution in [1.82, 2.24) is 4.90 Å². The van der Waals surface area contributed by atoms with Gasteiger partial charge in [0.15, 0.2) is 0 Å². The van der Waals surface area contributed by atoms with Crippen LogP contribution in [0.25, 0.3) is 0 Å². The van der Waals surface area contributed by atoms with Crippen molar-refractivity contribution in [3.8, 4) is 0 Å². The van der Waals surface area contributed by atoms with Gasteiger partial charge in [0.25, 0.3) is 0 Å². The summed E-state index contributed by atoms with van der Waals surface area (Å²) in [6.07, 6.45) is 1.93. The Bertz CT molecular complexity index is 150. The first-order valence-electron chi connectivity index (χ1n) is 5.21. The molecular formula is C11H24N2O. The van der Waals surface area contributed by atoms with Crippen molar-refractivity contribution in [3.05, 3.63) is 12.7 Å². The number of rotatable bonds is 8. The van der Waals surface area contributed by atoms with E-state index in [1.807, 2.05) is 6.08 Å². The van der Waals surface area contributed by atoms with Crippen molar-refractivity contribution >= 4 is 0 Å². The van der Waals surface area contributed by atoms with Gasteiger partial charge in [0.1, 0.15) is 0 Å². The molecule has 84 valence electrons. The van der Waals surface area contributed by atoms with Crippen LogP contribution in [0.2, 0.25) is 0 Å². The quantitative estimate of drug-likeness (QED) is 0.596. The fourth-order valence-corrected chi connectivity index (χ4v) is 1.39. The molecule has 0 aliphatic carbocycles. The molecule has 3 heteroatoms. The molecule has 0 amide bonds. The summed E-state index contributed by atoms with van der Waals surface area (Å²) in [5.41, 5.74) is 5.65. The third-order valence-corrected chi connectivity index (χ3v) is 2.72. The molecule has 0 radical (unpaired) electrons. The summed E-state index contributed by atoms with van der Waals surface area (Å²) in [5, 5.41) is 0. The largest absolute Gasteiger partial charge is 0.383 e. The van der Waals surface area contributed by atoms with Gasteiger partial charge in [-0.25, -0.2) is 0 Å². The molecule has 2 unspecified atom stereocenters. The van der Waals surface area contributed by atoms with E-state index < -0.39 is 0 Å². The zero-order chi connectivity index (χ0) is 11.0. The van der Waals surface area contributed by atoms with Crippen molar-refractivity contribution in [2.75, 3.05) is 33.4 Å². The highest BCUT2D eigenvalue weighted by molar-refractivity contribution is 4.80. The number of nitrogens with two attached hydrogens (primary N) is 1. The molecule has 0 aliphatic rings. The van der Waals surface area contributed by atoms with E-state index in [0.29, 0.717) is 12.0 Å². The minimum Gasteiger partial charge on any atom is -0.383 e. The molecule has 3 nitrogen and oxygen atoms in total. The zero-order valence-corrected chi connectivity index (χ0v) is 9.70. The van der Waals surface area contributed by atoms with E-state index in [0.717, 1.165) is 26.2 Å². The molecule has 0 aromatic carbocycles. The number of nitrogens with zero attached hydrogens (tertiary/aromatic N) is 1. The second-order valence-corrected chi connectivity index (χ2v) is 3.73. The van der Waals surface area contributed by atoms with Crippen LogP contribution in [0.1, 0.15) is 13.8 Å². The van der Waals surface area contributed by atoms with Crippen LogP contribution >= 0.6 is 0 Å². The van der Waals surface area contributed by atoms with Gasteiger partial charge in [-0.05, 0) is 19.4 Å². The summed E-state index contributed by atoms with van der Waals surface area (Å²) in [6, 6.07) is 0.480. The first-order valence-corrected chi connectivity index (χ1v) is 5.21. The molecule has 0 fully saturated rings. The second kappa shape index (κ2) is 7.97. The van der Waals surface area contributed by atoms with Crippen LogP contribution in [0, 0.1) is 5.92 Å². The van der Waals surface area contributed by atoms with Crippen molar-refractivity contribution in [3.63, 3.8) is 0 Å². The molecule has 0 spiro atoms. The maximum absolute atomic E-state index is 5.65. The van der Waals surface area contributed by atoms with E-state index in [4.69, 9.17) is 10.5 Å². The zero-order valence-electron chi connectivity index (χ0n) is 9.70. The fourth-order valence-electron chi connectivity index (χ4n) is 1.39. The third-order valence-electron chi connectivity index (χ3n) is 2.72. The average Bonchev–Trinajstić information content (AvgIpc) is 2.22. The maximum atomic E-state index is 5.65. The first-order chi connectivity index (χ1) is 6.67. The third kappa shape index (κ3) is 4.74. The van der Waals surface area contributed by atoms with Gasteiger partial charge in [-0.3, -0.25) is 4.90 Å². The van der Waals surface area contributed by atoms with Crippen LogP contribution in [0.15, 0.2) is 12.7 Å². The lowest BCUT2D eigenvalue weighted by Crippen LogP contribution is -2.42. The molecule has 0 saturated heterocycles. The van der Waals surface area contributed by atoms with Gasteiger partial charge in [-0.15, -0.1) is 6.58 Å². The van der Waals surface area contributed by atoms with Crippen LogP contribution in [0.5, 0.6) is 0 Å². The van der Waals surface area contributed by atoms with E-state index in [9.17, 15) is 0 Å². The molecule has 2 atom stereocenters. The smallest absolute Gasteiger partial charge is 0.0589 e. The Kier molecular flexibility index (Phi) is 7.76. The number of methoxy groups -OCH3 is 1. The van der Waals surface area contributed by atoms with Gasteiger partial charge >= 0.3 is 0 Å². The van der Waals surface area contributed by atoms with Crippen LogP contribution in [0.4, 0.5) is 0 Å². The van der Waals surface area contributed by atoms with Gasteiger partial charge in [0, 0.05) is 26.2 Å². The molecule has 0 saturated carbocycles. The van der Waals surface area contributed by atoms with Crippen molar-refractivity contribution in [2.24, 2.45) is 11.7 Å². The monoisotopic (exact) mass is 200 g/mol. The highest BCUT2D eigenvalue weighted by Gasteiger charge is 2.17. The fraction of sp³-hybridized carbons (Fsp3) is 0.818. The van der Waals surface area contributed by atoms with E-state index in [1.165, 1.54) is 0 Å². The Morgan fingerprint density at radius 1 is 1.50 bits per heavy atom. The molecule has 0 heterocycles. The normalized spacial score (nSPS) is 15.5. The highest BCUT2D eigenvalue weighted by atomic mass is 16.5. The standard InChI is InChI=1S/C11H24N2O/c1-5-6-13(7-8-14-4)11(3)10(2)9-12/h5,10-11H,1,6-9,12H2,2-4H3. The summed E-state index contributed by atoms with van der Waals surface area (Å²) >= 11 is 0. The van der Waals surface area contributed by atoms with E-state index in [-0.39, 0.29) is 0 Å². The van der Waals surface area contributed by atoms with Gasteiger partial charge in [0.2, 0.25) is 0 Å². The van der Waals surface area contributed by atoms with Gasteiger partial charge in [-0.1, -0.05) is 13.0 Å². The number of hydrogen-bond donors (Lipinski definition) is 1. The Morgan fingerprint density at radius 2 is 2.14 bits per heavy atom. The van der Waals surface area contributed by atoms with E-state index in [1.54, 1.807) is 7.11 Å². The molecule has 0 bridgehead atoms. The first kappa shape index (κ1) is 13.6. The van der Waals surface area contributed by atoms with Crippen molar-refractivity contribution in [1.29, 1.82) is 0 Å². The van der Waals surface area contributed by atoms with Gasteiger partial charge in [0.05, 0.1) is 6.61 Å². The van der Waals surface area contributed by atoms with Crippen molar-refractivity contribution < 1.29 is 4.74 Å². The second-order valence-electron chi connectivity index (χ2n) is 3.73. The molecule has 0 aromatic heterocycles. The number of hydrogen-bond acceptors (Lipinski definition) is 3. The highest BCUT2D eigenvalue weighted by Crippen LogP contribution is 2.09. The molecule has 0 rings (SSSR count). The number of ether oxygens (including phenoxy) is 1. The lowest BCUT2D eigenvalue weighted by molar-refractivity contribution is 0.115. The SMILES string of the molecule is C=CCN(CCOC)C(C)C(C)CN.